The highest BCUT2D eigenvalue weighted by molar-refractivity contribution is 5.94. The first kappa shape index (κ1) is 18.7. The van der Waals surface area contributed by atoms with Crippen molar-refractivity contribution in [1.82, 2.24) is 10.6 Å². The Morgan fingerprint density at radius 3 is 2.12 bits per heavy atom. The molecule has 0 radical (unpaired) electrons. The maximum Gasteiger partial charge on any atom is 0.335 e. The molecule has 3 N–H and O–H groups in total. The summed E-state index contributed by atoms with van der Waals surface area (Å²) in [5.74, 6) is -0.993. The van der Waals surface area contributed by atoms with Crippen molar-refractivity contribution in [2.24, 2.45) is 0 Å². The predicted molar refractivity (Wildman–Crippen MR) is 97.6 cm³/mol. The molecule has 0 saturated heterocycles. The van der Waals surface area contributed by atoms with Gasteiger partial charge >= 0.3 is 5.97 Å². The van der Waals surface area contributed by atoms with Crippen LogP contribution in [-0.4, -0.2) is 23.0 Å². The molecule has 2 aromatic rings. The molecule has 1 unspecified atom stereocenters. The SMILES string of the molecule is CCC(C)NC(=O)c1cccc(CNCc2cccc(C(=O)O)c2)c1. The van der Waals surface area contributed by atoms with Gasteiger partial charge < -0.3 is 15.7 Å². The van der Waals surface area contributed by atoms with E-state index in [1.54, 1.807) is 24.3 Å². The van der Waals surface area contributed by atoms with E-state index in [0.717, 1.165) is 17.5 Å². The molecule has 2 rings (SSSR count). The van der Waals surface area contributed by atoms with Gasteiger partial charge in [-0.25, -0.2) is 4.79 Å². The van der Waals surface area contributed by atoms with Gasteiger partial charge in [-0.1, -0.05) is 31.2 Å². The summed E-state index contributed by atoms with van der Waals surface area (Å²) in [5.41, 5.74) is 2.84. The normalized spacial score (nSPS) is 11.8. The smallest absolute Gasteiger partial charge is 0.335 e. The Hall–Kier alpha value is -2.66. The summed E-state index contributed by atoms with van der Waals surface area (Å²) in [6.07, 6.45) is 0.891. The molecule has 2 aromatic carbocycles. The molecule has 0 heterocycles. The molecule has 25 heavy (non-hydrogen) atoms. The van der Waals surface area contributed by atoms with Crippen LogP contribution in [0.1, 0.15) is 52.1 Å². The Morgan fingerprint density at radius 2 is 1.56 bits per heavy atom. The van der Waals surface area contributed by atoms with Gasteiger partial charge in [0, 0.05) is 24.7 Å². The lowest BCUT2D eigenvalue weighted by Gasteiger charge is -2.12. The van der Waals surface area contributed by atoms with Crippen molar-refractivity contribution in [2.45, 2.75) is 39.4 Å². The highest BCUT2D eigenvalue weighted by Crippen LogP contribution is 2.08. The fourth-order valence-corrected chi connectivity index (χ4v) is 2.40. The molecule has 5 nitrogen and oxygen atoms in total. The third-order valence-electron chi connectivity index (χ3n) is 4.01. The van der Waals surface area contributed by atoms with Crippen LogP contribution in [-0.2, 0) is 13.1 Å². The van der Waals surface area contributed by atoms with Crippen molar-refractivity contribution in [2.75, 3.05) is 0 Å². The number of hydrogen-bond donors (Lipinski definition) is 3. The van der Waals surface area contributed by atoms with E-state index >= 15 is 0 Å². The van der Waals surface area contributed by atoms with Gasteiger partial charge in [0.05, 0.1) is 5.56 Å². The molecule has 0 aliphatic heterocycles. The largest absolute Gasteiger partial charge is 0.478 e. The van der Waals surface area contributed by atoms with Crippen molar-refractivity contribution in [3.05, 3.63) is 70.8 Å². The monoisotopic (exact) mass is 340 g/mol. The number of hydrogen-bond acceptors (Lipinski definition) is 3. The van der Waals surface area contributed by atoms with Gasteiger partial charge in [0.15, 0.2) is 0 Å². The summed E-state index contributed by atoms with van der Waals surface area (Å²) in [4.78, 5) is 23.2. The molecule has 132 valence electrons. The molecule has 0 aliphatic rings. The average Bonchev–Trinajstić information content (AvgIpc) is 2.62. The van der Waals surface area contributed by atoms with E-state index in [0.29, 0.717) is 18.7 Å². The van der Waals surface area contributed by atoms with E-state index in [2.05, 4.69) is 10.6 Å². The summed E-state index contributed by atoms with van der Waals surface area (Å²) in [6, 6.07) is 14.5. The van der Waals surface area contributed by atoms with Crippen LogP contribution in [0.4, 0.5) is 0 Å². The highest BCUT2D eigenvalue weighted by atomic mass is 16.4. The van der Waals surface area contributed by atoms with E-state index in [1.807, 2.05) is 38.1 Å². The minimum Gasteiger partial charge on any atom is -0.478 e. The first-order chi connectivity index (χ1) is 12.0. The third kappa shape index (κ3) is 5.72. The fourth-order valence-electron chi connectivity index (χ4n) is 2.40. The lowest BCUT2D eigenvalue weighted by molar-refractivity contribution is 0.0696. The van der Waals surface area contributed by atoms with Crippen LogP contribution in [0.2, 0.25) is 0 Å². The summed E-state index contributed by atoms with van der Waals surface area (Å²) in [6.45, 7) is 5.17. The molecule has 0 bridgehead atoms. The van der Waals surface area contributed by atoms with Crippen molar-refractivity contribution in [3.8, 4) is 0 Å². The van der Waals surface area contributed by atoms with Crippen LogP contribution in [0, 0.1) is 0 Å². The number of benzene rings is 2. The van der Waals surface area contributed by atoms with Gasteiger partial charge in [0.2, 0.25) is 0 Å². The topological polar surface area (TPSA) is 78.4 Å². The van der Waals surface area contributed by atoms with Crippen molar-refractivity contribution in [1.29, 1.82) is 0 Å². The summed E-state index contributed by atoms with van der Waals surface area (Å²) in [7, 11) is 0. The summed E-state index contributed by atoms with van der Waals surface area (Å²) in [5, 5.41) is 15.3. The minimum absolute atomic E-state index is 0.0645. The van der Waals surface area contributed by atoms with Gasteiger partial charge in [-0.3, -0.25) is 4.79 Å². The fraction of sp³-hybridized carbons (Fsp3) is 0.300. The van der Waals surface area contributed by atoms with Crippen molar-refractivity contribution < 1.29 is 14.7 Å². The zero-order valence-electron chi connectivity index (χ0n) is 14.6. The maximum atomic E-state index is 12.2. The zero-order valence-corrected chi connectivity index (χ0v) is 14.6. The zero-order chi connectivity index (χ0) is 18.2. The summed E-state index contributed by atoms with van der Waals surface area (Å²) >= 11 is 0. The number of carboxylic acids is 1. The van der Waals surface area contributed by atoms with Crippen LogP contribution >= 0.6 is 0 Å². The van der Waals surface area contributed by atoms with Crippen LogP contribution in [0.5, 0.6) is 0 Å². The van der Waals surface area contributed by atoms with Gasteiger partial charge in [0.25, 0.3) is 5.91 Å². The Kier molecular flexibility index (Phi) is 6.71. The maximum absolute atomic E-state index is 12.2. The molecule has 5 heteroatoms. The summed E-state index contributed by atoms with van der Waals surface area (Å²) < 4.78 is 0. The second-order valence-electron chi connectivity index (χ2n) is 6.09. The van der Waals surface area contributed by atoms with Gasteiger partial charge in [-0.05, 0) is 48.7 Å². The van der Waals surface area contributed by atoms with E-state index in [1.165, 1.54) is 0 Å². The van der Waals surface area contributed by atoms with Crippen LogP contribution in [0.3, 0.4) is 0 Å². The van der Waals surface area contributed by atoms with Crippen molar-refractivity contribution >= 4 is 11.9 Å². The number of carboxylic acid groups (broad SMARTS) is 1. The lowest BCUT2D eigenvalue weighted by atomic mass is 10.1. The molecule has 1 amide bonds. The van der Waals surface area contributed by atoms with Crippen LogP contribution in [0.25, 0.3) is 0 Å². The number of aromatic carboxylic acids is 1. The van der Waals surface area contributed by atoms with Crippen molar-refractivity contribution in [3.63, 3.8) is 0 Å². The van der Waals surface area contributed by atoms with E-state index in [-0.39, 0.29) is 17.5 Å². The number of rotatable bonds is 8. The highest BCUT2D eigenvalue weighted by Gasteiger charge is 2.09. The van der Waals surface area contributed by atoms with Crippen LogP contribution < -0.4 is 10.6 Å². The minimum atomic E-state index is -0.929. The lowest BCUT2D eigenvalue weighted by Crippen LogP contribution is -2.32. The molecule has 0 aliphatic carbocycles. The number of carbonyl (C=O) groups is 2. The van der Waals surface area contributed by atoms with E-state index in [4.69, 9.17) is 5.11 Å². The quantitative estimate of drug-likeness (QED) is 0.689. The number of carbonyl (C=O) groups excluding carboxylic acids is 1. The second-order valence-corrected chi connectivity index (χ2v) is 6.09. The second kappa shape index (κ2) is 8.99. The number of nitrogens with one attached hydrogen (secondary N) is 2. The molecule has 0 fully saturated rings. The molecular weight excluding hydrogens is 316 g/mol. The van der Waals surface area contributed by atoms with E-state index in [9.17, 15) is 9.59 Å². The third-order valence-corrected chi connectivity index (χ3v) is 4.01. The van der Waals surface area contributed by atoms with Gasteiger partial charge in [-0.15, -0.1) is 0 Å². The Bertz CT molecular complexity index is 743. The molecular formula is C20H24N2O3. The molecule has 0 spiro atoms. The van der Waals surface area contributed by atoms with Gasteiger partial charge in [-0.2, -0.15) is 0 Å². The van der Waals surface area contributed by atoms with E-state index < -0.39 is 5.97 Å². The first-order valence-corrected chi connectivity index (χ1v) is 8.42. The number of amides is 1. The Labute approximate surface area is 148 Å². The van der Waals surface area contributed by atoms with Gasteiger partial charge in [0.1, 0.15) is 0 Å². The average molecular weight is 340 g/mol. The predicted octanol–water partition coefficient (Wildman–Crippen LogP) is 3.20. The van der Waals surface area contributed by atoms with Crippen LogP contribution in [0.15, 0.2) is 48.5 Å². The molecule has 0 aromatic heterocycles. The molecule has 0 saturated carbocycles. The Morgan fingerprint density at radius 1 is 1.00 bits per heavy atom. The standard InChI is InChI=1S/C20H24N2O3/c1-3-14(2)22-19(23)17-8-4-6-15(10-17)12-21-13-16-7-5-9-18(11-16)20(24)25/h4-11,14,21H,3,12-13H2,1-2H3,(H,22,23)(H,24,25). The Balaban J connectivity index is 1.93. The molecule has 1 atom stereocenters. The first-order valence-electron chi connectivity index (χ1n) is 8.42.